The van der Waals surface area contributed by atoms with Crippen molar-refractivity contribution in [3.8, 4) is 0 Å². The third-order valence-corrected chi connectivity index (χ3v) is 6.15. The van der Waals surface area contributed by atoms with Crippen LogP contribution in [0.2, 0.25) is 0 Å². The number of thiophene rings is 1. The summed E-state index contributed by atoms with van der Waals surface area (Å²) in [5.74, 6) is 0.690. The zero-order chi connectivity index (χ0) is 20.1. The van der Waals surface area contributed by atoms with E-state index in [0.29, 0.717) is 38.9 Å². The first-order valence-electron chi connectivity index (χ1n) is 8.83. The number of esters is 1. The summed E-state index contributed by atoms with van der Waals surface area (Å²) >= 11 is 2.56. The number of amides is 1. The number of thioether (sulfide) groups is 1. The molecule has 2 rings (SSSR count). The Hall–Kier alpha value is -1.87. The lowest BCUT2D eigenvalue weighted by molar-refractivity contribution is -0.118. The highest BCUT2D eigenvalue weighted by molar-refractivity contribution is 8.00. The largest absolute Gasteiger partial charge is 0.462 e. The Morgan fingerprint density at radius 3 is 2.67 bits per heavy atom. The number of hydrogen-bond acceptors (Lipinski definition) is 7. The van der Waals surface area contributed by atoms with Crippen molar-refractivity contribution in [2.45, 2.75) is 39.9 Å². The van der Waals surface area contributed by atoms with Gasteiger partial charge < -0.3 is 15.0 Å². The molecule has 2 N–H and O–H groups in total. The first-order valence-corrected chi connectivity index (χ1v) is 10.7. The Balaban J connectivity index is 2.18. The van der Waals surface area contributed by atoms with Gasteiger partial charge in [0.25, 0.3) is 5.56 Å². The molecule has 0 bridgehead atoms. The van der Waals surface area contributed by atoms with Crippen molar-refractivity contribution in [3.63, 3.8) is 0 Å². The van der Waals surface area contributed by atoms with Gasteiger partial charge in [0.05, 0.1) is 23.0 Å². The minimum Gasteiger partial charge on any atom is -0.462 e. The second kappa shape index (κ2) is 9.36. The number of carbonyl (C=O) groups excluding carboxylic acids is 2. The number of aromatic amines is 1. The third kappa shape index (κ3) is 5.32. The normalized spacial score (nSPS) is 12.4. The molecule has 0 aliphatic carbocycles. The highest BCUT2D eigenvalue weighted by Crippen LogP contribution is 2.30. The van der Waals surface area contributed by atoms with Crippen LogP contribution in [0.5, 0.6) is 0 Å². The van der Waals surface area contributed by atoms with E-state index in [0.717, 1.165) is 11.3 Å². The standard InChI is InChI=1S/C18H25N3O4S2/c1-6-25-18(24)14-10(4)13-16(23)20-15(21-17(13)27-14)11(5)26-8-12(22)19-7-9(2)3/h9,11H,6-8H2,1-5H3,(H,19,22)(H,20,21,23)/t11-/m1/s1. The van der Waals surface area contributed by atoms with E-state index >= 15 is 0 Å². The monoisotopic (exact) mass is 411 g/mol. The van der Waals surface area contributed by atoms with Crippen LogP contribution in [0, 0.1) is 12.8 Å². The lowest BCUT2D eigenvalue weighted by Gasteiger charge is -2.11. The molecule has 0 aliphatic rings. The lowest BCUT2D eigenvalue weighted by atomic mass is 10.2. The van der Waals surface area contributed by atoms with Crippen LogP contribution in [0.1, 0.15) is 54.0 Å². The molecule has 1 amide bonds. The van der Waals surface area contributed by atoms with Crippen LogP contribution < -0.4 is 10.9 Å². The molecule has 0 spiro atoms. The number of rotatable bonds is 8. The van der Waals surface area contributed by atoms with Gasteiger partial charge in [0.2, 0.25) is 5.91 Å². The van der Waals surface area contributed by atoms with Gasteiger partial charge in [-0.1, -0.05) is 13.8 Å². The van der Waals surface area contributed by atoms with E-state index in [2.05, 4.69) is 15.3 Å². The molecule has 0 fully saturated rings. The number of aryl methyl sites for hydroxylation is 1. The van der Waals surface area contributed by atoms with Crippen molar-refractivity contribution in [2.24, 2.45) is 5.92 Å². The summed E-state index contributed by atoms with van der Waals surface area (Å²) in [7, 11) is 0. The van der Waals surface area contributed by atoms with Gasteiger partial charge in [0.1, 0.15) is 15.5 Å². The van der Waals surface area contributed by atoms with Gasteiger partial charge in [0, 0.05) is 6.54 Å². The lowest BCUT2D eigenvalue weighted by Crippen LogP contribution is -2.29. The van der Waals surface area contributed by atoms with Gasteiger partial charge in [0.15, 0.2) is 0 Å². The zero-order valence-electron chi connectivity index (χ0n) is 16.2. The smallest absolute Gasteiger partial charge is 0.348 e. The van der Waals surface area contributed by atoms with Crippen LogP contribution >= 0.6 is 23.1 Å². The average molecular weight is 412 g/mol. The maximum Gasteiger partial charge on any atom is 0.348 e. The van der Waals surface area contributed by atoms with Crippen molar-refractivity contribution >= 4 is 45.2 Å². The highest BCUT2D eigenvalue weighted by atomic mass is 32.2. The summed E-state index contributed by atoms with van der Waals surface area (Å²) in [5.41, 5.74) is 0.304. The predicted octanol–water partition coefficient (Wildman–Crippen LogP) is 3.04. The van der Waals surface area contributed by atoms with Crippen molar-refractivity contribution < 1.29 is 14.3 Å². The molecule has 0 unspecified atom stereocenters. The maximum absolute atomic E-state index is 12.5. The molecule has 2 aromatic heterocycles. The maximum atomic E-state index is 12.5. The SMILES string of the molecule is CCOC(=O)c1sc2nc([C@@H](C)SCC(=O)NCC(C)C)[nH]c(=O)c2c1C. The fourth-order valence-electron chi connectivity index (χ4n) is 2.39. The number of carbonyl (C=O) groups is 2. The summed E-state index contributed by atoms with van der Waals surface area (Å²) in [6.45, 7) is 10.3. The number of aromatic nitrogens is 2. The van der Waals surface area contributed by atoms with Crippen molar-refractivity contribution in [2.75, 3.05) is 18.9 Å². The summed E-state index contributed by atoms with van der Waals surface area (Å²) in [6.07, 6.45) is 0. The Bertz CT molecular complexity index is 889. The van der Waals surface area contributed by atoms with E-state index in [9.17, 15) is 14.4 Å². The van der Waals surface area contributed by atoms with Gasteiger partial charge >= 0.3 is 5.97 Å². The van der Waals surface area contributed by atoms with Crippen molar-refractivity contribution in [1.29, 1.82) is 0 Å². The van der Waals surface area contributed by atoms with Gasteiger partial charge in [-0.25, -0.2) is 9.78 Å². The number of fused-ring (bicyclic) bond motifs is 1. The minimum absolute atomic E-state index is 0.0412. The summed E-state index contributed by atoms with van der Waals surface area (Å²) in [4.78, 5) is 44.6. The van der Waals surface area contributed by atoms with Crippen molar-refractivity contribution in [1.82, 2.24) is 15.3 Å². The van der Waals surface area contributed by atoms with Crippen molar-refractivity contribution in [3.05, 3.63) is 26.6 Å². The Morgan fingerprint density at radius 2 is 2.04 bits per heavy atom. The second-order valence-electron chi connectivity index (χ2n) is 6.56. The molecule has 0 radical (unpaired) electrons. The molecule has 0 saturated heterocycles. The molecule has 0 saturated carbocycles. The molecule has 27 heavy (non-hydrogen) atoms. The first-order chi connectivity index (χ1) is 12.7. The van der Waals surface area contributed by atoms with E-state index in [1.807, 2.05) is 20.8 Å². The summed E-state index contributed by atoms with van der Waals surface area (Å²) < 4.78 is 5.04. The van der Waals surface area contributed by atoms with E-state index < -0.39 is 5.97 Å². The first kappa shape index (κ1) is 21.4. The summed E-state index contributed by atoms with van der Waals surface area (Å²) in [6, 6.07) is 0. The third-order valence-electron chi connectivity index (χ3n) is 3.84. The fourth-order valence-corrected chi connectivity index (χ4v) is 4.25. The highest BCUT2D eigenvalue weighted by Gasteiger charge is 2.21. The number of hydrogen-bond donors (Lipinski definition) is 2. The molecular formula is C18H25N3O4S2. The van der Waals surface area contributed by atoms with Gasteiger partial charge in [-0.2, -0.15) is 0 Å². The average Bonchev–Trinajstić information content (AvgIpc) is 2.95. The Kier molecular flexibility index (Phi) is 7.43. The molecular weight excluding hydrogens is 386 g/mol. The molecule has 7 nitrogen and oxygen atoms in total. The van der Waals surface area contributed by atoms with Crippen LogP contribution in [0.25, 0.3) is 10.2 Å². The number of nitrogens with one attached hydrogen (secondary N) is 2. The van der Waals surface area contributed by atoms with Crippen LogP contribution in [0.15, 0.2) is 4.79 Å². The molecule has 2 heterocycles. The molecule has 9 heteroatoms. The van der Waals surface area contributed by atoms with Gasteiger partial charge in [-0.05, 0) is 32.3 Å². The number of nitrogens with zero attached hydrogens (tertiary/aromatic N) is 1. The second-order valence-corrected chi connectivity index (χ2v) is 8.89. The minimum atomic E-state index is -0.441. The fraction of sp³-hybridized carbons (Fsp3) is 0.556. The van der Waals surface area contributed by atoms with Crippen LogP contribution in [-0.4, -0.2) is 40.7 Å². The van der Waals surface area contributed by atoms with Gasteiger partial charge in [-0.3, -0.25) is 9.59 Å². The topological polar surface area (TPSA) is 101 Å². The molecule has 0 aliphatic heterocycles. The van der Waals surface area contributed by atoms with E-state index in [4.69, 9.17) is 4.74 Å². The Morgan fingerprint density at radius 1 is 1.33 bits per heavy atom. The zero-order valence-corrected chi connectivity index (χ0v) is 17.8. The molecule has 0 aromatic carbocycles. The molecule has 148 valence electrons. The van der Waals surface area contributed by atoms with E-state index in [1.165, 1.54) is 11.8 Å². The van der Waals surface area contributed by atoms with Gasteiger partial charge in [-0.15, -0.1) is 23.1 Å². The van der Waals surface area contributed by atoms with E-state index in [1.54, 1.807) is 13.8 Å². The molecule has 2 aromatic rings. The predicted molar refractivity (Wildman–Crippen MR) is 110 cm³/mol. The Labute approximate surface area is 166 Å². The number of ether oxygens (including phenoxy) is 1. The van der Waals surface area contributed by atoms with Crippen LogP contribution in [0.4, 0.5) is 0 Å². The van der Waals surface area contributed by atoms with E-state index in [-0.39, 0.29) is 29.1 Å². The summed E-state index contributed by atoms with van der Waals surface area (Å²) in [5, 5.41) is 3.11. The number of H-pyrrole nitrogens is 1. The van der Waals surface area contributed by atoms with Crippen LogP contribution in [0.3, 0.4) is 0 Å². The molecule has 1 atom stereocenters. The quantitative estimate of drug-likeness (QED) is 0.648. The van der Waals surface area contributed by atoms with Crippen LogP contribution in [-0.2, 0) is 9.53 Å².